The molecule has 0 fully saturated rings. The number of aromatic nitrogens is 3. The number of nitrogens with one attached hydrogen (secondary N) is 1. The van der Waals surface area contributed by atoms with Crippen molar-refractivity contribution in [3.63, 3.8) is 0 Å². The lowest BCUT2D eigenvalue weighted by Gasteiger charge is -2.04. The second kappa shape index (κ2) is 4.91. The number of carboxylic acid groups (broad SMARTS) is 1. The van der Waals surface area contributed by atoms with Crippen LogP contribution in [-0.4, -0.2) is 38.8 Å². The highest BCUT2D eigenvalue weighted by Crippen LogP contribution is 2.10. The van der Waals surface area contributed by atoms with E-state index in [-0.39, 0.29) is 18.1 Å². The Morgan fingerprint density at radius 1 is 1.69 bits per heavy atom. The Morgan fingerprint density at radius 2 is 2.38 bits per heavy atom. The van der Waals surface area contributed by atoms with Crippen LogP contribution < -0.4 is 5.32 Å². The average molecular weight is 226 g/mol. The molecule has 1 aromatic rings. The number of carbonyl (C=O) groups excluding carboxylic acids is 1. The molecule has 0 atom stereocenters. The predicted octanol–water partition coefficient (Wildman–Crippen LogP) is 0.248. The molecule has 0 aliphatic heterocycles. The van der Waals surface area contributed by atoms with Gasteiger partial charge in [0.2, 0.25) is 5.69 Å². The molecule has 8 nitrogen and oxygen atoms in total. The minimum atomic E-state index is -1.29. The zero-order valence-electron chi connectivity index (χ0n) is 8.51. The SMILES string of the molecule is C=CCOC(=O)Nc1c(C(=O)O)nnn1C. The van der Waals surface area contributed by atoms with Gasteiger partial charge in [0, 0.05) is 7.05 Å². The molecule has 0 bridgehead atoms. The first kappa shape index (κ1) is 11.7. The lowest BCUT2D eigenvalue weighted by molar-refractivity contribution is 0.0691. The summed E-state index contributed by atoms with van der Waals surface area (Å²) in [6, 6.07) is 0. The van der Waals surface area contributed by atoms with E-state index in [1.807, 2.05) is 0 Å². The molecule has 0 aliphatic rings. The first-order chi connectivity index (χ1) is 7.56. The number of hydrogen-bond acceptors (Lipinski definition) is 5. The summed E-state index contributed by atoms with van der Waals surface area (Å²) in [5.74, 6) is -1.33. The molecule has 0 aromatic carbocycles. The van der Waals surface area contributed by atoms with Gasteiger partial charge in [0.25, 0.3) is 0 Å². The van der Waals surface area contributed by atoms with Crippen molar-refractivity contribution >= 4 is 17.9 Å². The van der Waals surface area contributed by atoms with E-state index < -0.39 is 12.1 Å². The number of amides is 1. The van der Waals surface area contributed by atoms with Crippen LogP contribution >= 0.6 is 0 Å². The van der Waals surface area contributed by atoms with E-state index in [4.69, 9.17) is 5.11 Å². The van der Waals surface area contributed by atoms with Gasteiger partial charge in [-0.05, 0) is 0 Å². The minimum absolute atomic E-state index is 0.0273. The van der Waals surface area contributed by atoms with Crippen LogP contribution in [0.5, 0.6) is 0 Å². The Morgan fingerprint density at radius 3 is 2.94 bits per heavy atom. The monoisotopic (exact) mass is 226 g/mol. The van der Waals surface area contributed by atoms with Crippen LogP contribution in [0.2, 0.25) is 0 Å². The van der Waals surface area contributed by atoms with Gasteiger partial charge in [-0.25, -0.2) is 14.3 Å². The third-order valence-electron chi connectivity index (χ3n) is 1.58. The molecular formula is C8H10N4O4. The summed E-state index contributed by atoms with van der Waals surface area (Å²) in [4.78, 5) is 21.9. The topological polar surface area (TPSA) is 106 Å². The molecule has 16 heavy (non-hydrogen) atoms. The fraction of sp³-hybridized carbons (Fsp3) is 0.250. The van der Waals surface area contributed by atoms with E-state index in [2.05, 4.69) is 26.9 Å². The smallest absolute Gasteiger partial charge is 0.413 e. The molecule has 0 spiro atoms. The van der Waals surface area contributed by atoms with Gasteiger partial charge in [0.15, 0.2) is 5.82 Å². The maximum atomic E-state index is 11.2. The summed E-state index contributed by atoms with van der Waals surface area (Å²) in [6.07, 6.45) is 0.590. The highest BCUT2D eigenvalue weighted by atomic mass is 16.5. The van der Waals surface area contributed by atoms with Crippen molar-refractivity contribution in [1.29, 1.82) is 0 Å². The summed E-state index contributed by atoms with van der Waals surface area (Å²) in [5.41, 5.74) is -0.349. The van der Waals surface area contributed by atoms with E-state index in [9.17, 15) is 9.59 Å². The largest absolute Gasteiger partial charge is 0.476 e. The van der Waals surface area contributed by atoms with Crippen LogP contribution in [0.15, 0.2) is 12.7 Å². The van der Waals surface area contributed by atoms with Crippen LogP contribution in [0.3, 0.4) is 0 Å². The fourth-order valence-corrected chi connectivity index (χ4v) is 0.909. The molecule has 0 saturated carbocycles. The first-order valence-electron chi connectivity index (χ1n) is 4.24. The lowest BCUT2D eigenvalue weighted by atomic mass is 10.4. The molecule has 1 aromatic heterocycles. The summed E-state index contributed by atoms with van der Waals surface area (Å²) in [6.45, 7) is 3.39. The Hall–Kier alpha value is -2.38. The van der Waals surface area contributed by atoms with E-state index in [0.717, 1.165) is 4.68 Å². The first-order valence-corrected chi connectivity index (χ1v) is 4.24. The van der Waals surface area contributed by atoms with Crippen LogP contribution in [0.4, 0.5) is 10.6 Å². The molecule has 0 radical (unpaired) electrons. The fourth-order valence-electron chi connectivity index (χ4n) is 0.909. The van der Waals surface area contributed by atoms with E-state index in [0.29, 0.717) is 0 Å². The zero-order valence-corrected chi connectivity index (χ0v) is 8.51. The van der Waals surface area contributed by atoms with Gasteiger partial charge in [-0.15, -0.1) is 5.10 Å². The maximum Gasteiger partial charge on any atom is 0.413 e. The molecule has 8 heteroatoms. The van der Waals surface area contributed by atoms with Crippen LogP contribution in [-0.2, 0) is 11.8 Å². The number of anilines is 1. The number of aromatic carboxylic acids is 1. The van der Waals surface area contributed by atoms with Crippen molar-refractivity contribution in [3.8, 4) is 0 Å². The van der Waals surface area contributed by atoms with Crippen molar-refractivity contribution in [3.05, 3.63) is 18.3 Å². The Bertz CT molecular complexity index is 426. The van der Waals surface area contributed by atoms with E-state index >= 15 is 0 Å². The van der Waals surface area contributed by atoms with Crippen molar-refractivity contribution in [2.75, 3.05) is 11.9 Å². The van der Waals surface area contributed by atoms with Crippen LogP contribution in [0, 0.1) is 0 Å². The van der Waals surface area contributed by atoms with E-state index in [1.54, 1.807) is 0 Å². The average Bonchev–Trinajstić information content (AvgIpc) is 2.58. The van der Waals surface area contributed by atoms with Crippen LogP contribution in [0.1, 0.15) is 10.5 Å². The third kappa shape index (κ3) is 2.56. The molecule has 86 valence electrons. The maximum absolute atomic E-state index is 11.2. The van der Waals surface area contributed by atoms with Crippen molar-refractivity contribution in [2.45, 2.75) is 0 Å². The molecule has 0 aliphatic carbocycles. The molecule has 1 amide bonds. The van der Waals surface area contributed by atoms with Crippen molar-refractivity contribution in [1.82, 2.24) is 15.0 Å². The third-order valence-corrected chi connectivity index (χ3v) is 1.58. The highest BCUT2D eigenvalue weighted by molar-refractivity contribution is 5.95. The van der Waals surface area contributed by atoms with E-state index in [1.165, 1.54) is 13.1 Å². The normalized spacial score (nSPS) is 9.56. The standard InChI is InChI=1S/C8H10N4O4/c1-3-4-16-8(15)9-6-5(7(13)14)10-11-12(6)2/h3H,1,4H2,2H3,(H,9,15)(H,13,14). The number of rotatable bonds is 4. The molecule has 0 saturated heterocycles. The second-order valence-corrected chi connectivity index (χ2v) is 2.73. The van der Waals surface area contributed by atoms with Gasteiger partial charge in [-0.2, -0.15) is 0 Å². The summed E-state index contributed by atoms with van der Waals surface area (Å²) in [7, 11) is 1.45. The van der Waals surface area contributed by atoms with Gasteiger partial charge in [-0.3, -0.25) is 5.32 Å². The van der Waals surface area contributed by atoms with Crippen LogP contribution in [0.25, 0.3) is 0 Å². The Balaban J connectivity index is 2.79. The van der Waals surface area contributed by atoms with Gasteiger partial charge in [-0.1, -0.05) is 17.9 Å². The van der Waals surface area contributed by atoms with Gasteiger partial charge in [0.05, 0.1) is 0 Å². The highest BCUT2D eigenvalue weighted by Gasteiger charge is 2.19. The minimum Gasteiger partial charge on any atom is -0.476 e. The Kier molecular flexibility index (Phi) is 3.59. The number of hydrogen-bond donors (Lipinski definition) is 2. The van der Waals surface area contributed by atoms with Crippen molar-refractivity contribution in [2.24, 2.45) is 7.05 Å². The summed E-state index contributed by atoms with van der Waals surface area (Å²) < 4.78 is 5.75. The number of carbonyl (C=O) groups is 2. The van der Waals surface area contributed by atoms with Gasteiger partial charge < -0.3 is 9.84 Å². The molecule has 2 N–H and O–H groups in total. The number of aryl methyl sites for hydroxylation is 1. The molecule has 1 rings (SSSR count). The lowest BCUT2D eigenvalue weighted by Crippen LogP contribution is -2.18. The molecule has 1 heterocycles. The number of nitrogens with zero attached hydrogens (tertiary/aromatic N) is 3. The predicted molar refractivity (Wildman–Crippen MR) is 53.1 cm³/mol. The van der Waals surface area contributed by atoms with Crippen molar-refractivity contribution < 1.29 is 19.4 Å². The summed E-state index contributed by atoms with van der Waals surface area (Å²) in [5, 5.41) is 17.8. The summed E-state index contributed by atoms with van der Waals surface area (Å²) >= 11 is 0. The molecule has 0 unspecified atom stereocenters. The van der Waals surface area contributed by atoms with Gasteiger partial charge >= 0.3 is 12.1 Å². The van der Waals surface area contributed by atoms with Gasteiger partial charge in [0.1, 0.15) is 6.61 Å². The zero-order chi connectivity index (χ0) is 12.1. The quantitative estimate of drug-likeness (QED) is 0.712. The molecular weight excluding hydrogens is 216 g/mol. The number of carboxylic acids is 1. The Labute approximate surface area is 90.5 Å². The number of ether oxygens (including phenoxy) is 1. The second-order valence-electron chi connectivity index (χ2n) is 2.73.